The molecule has 0 aromatic carbocycles. The van der Waals surface area contributed by atoms with Gasteiger partial charge in [-0.1, -0.05) is 17.8 Å². The van der Waals surface area contributed by atoms with E-state index in [1.54, 1.807) is 18.3 Å². The number of amides is 1. The van der Waals surface area contributed by atoms with E-state index in [0.717, 1.165) is 35.5 Å². The highest BCUT2D eigenvalue weighted by atomic mass is 32.2. The summed E-state index contributed by atoms with van der Waals surface area (Å²) < 4.78 is 7.09. The van der Waals surface area contributed by atoms with Crippen molar-refractivity contribution in [1.82, 2.24) is 14.8 Å². The number of carbonyl (C=O) groups is 2. The summed E-state index contributed by atoms with van der Waals surface area (Å²) in [6, 6.07) is 3.96. The molecular weight excluding hydrogens is 428 g/mol. The van der Waals surface area contributed by atoms with Gasteiger partial charge >= 0.3 is 5.97 Å². The largest absolute Gasteiger partial charge is 0.462 e. The number of thioether (sulfide) groups is 1. The van der Waals surface area contributed by atoms with Gasteiger partial charge in [0.25, 0.3) is 0 Å². The maximum absolute atomic E-state index is 12.6. The summed E-state index contributed by atoms with van der Waals surface area (Å²) in [6.45, 7) is 2.09. The minimum atomic E-state index is -0.358. The molecule has 7 nitrogen and oxygen atoms in total. The van der Waals surface area contributed by atoms with Crippen LogP contribution in [0.2, 0.25) is 0 Å². The van der Waals surface area contributed by atoms with Gasteiger partial charge in [0, 0.05) is 11.9 Å². The fourth-order valence-electron chi connectivity index (χ4n) is 3.27. The molecule has 10 heteroatoms. The molecule has 1 amide bonds. The molecule has 3 heterocycles. The molecule has 3 aromatic rings. The maximum atomic E-state index is 12.6. The van der Waals surface area contributed by atoms with Crippen LogP contribution >= 0.6 is 34.4 Å². The van der Waals surface area contributed by atoms with E-state index in [-0.39, 0.29) is 17.6 Å². The lowest BCUT2D eigenvalue weighted by molar-refractivity contribution is -0.113. The average Bonchev–Trinajstić information content (AvgIpc) is 3.44. The van der Waals surface area contributed by atoms with E-state index in [1.165, 1.54) is 28.0 Å². The first-order valence-electron chi connectivity index (χ1n) is 9.26. The molecule has 1 N–H and O–H groups in total. The first kappa shape index (κ1) is 20.1. The molecular formula is C19H20N4O3S3. The molecule has 0 saturated heterocycles. The van der Waals surface area contributed by atoms with Gasteiger partial charge in [0.1, 0.15) is 5.00 Å². The van der Waals surface area contributed by atoms with Gasteiger partial charge in [0.15, 0.2) is 11.0 Å². The molecule has 29 heavy (non-hydrogen) atoms. The van der Waals surface area contributed by atoms with Crippen molar-refractivity contribution in [2.45, 2.75) is 31.3 Å². The zero-order valence-corrected chi connectivity index (χ0v) is 18.5. The molecule has 0 saturated carbocycles. The third-order valence-electron chi connectivity index (χ3n) is 4.56. The number of aryl methyl sites for hydroxylation is 1. The van der Waals surface area contributed by atoms with Crippen LogP contribution in [0.4, 0.5) is 5.00 Å². The number of hydrogen-bond donors (Lipinski definition) is 1. The van der Waals surface area contributed by atoms with Crippen molar-refractivity contribution < 1.29 is 14.3 Å². The predicted octanol–water partition coefficient (Wildman–Crippen LogP) is 4.00. The zero-order chi connectivity index (χ0) is 20.4. The molecule has 3 aromatic heterocycles. The second-order valence-electron chi connectivity index (χ2n) is 6.46. The number of ether oxygens (including phenoxy) is 1. The number of esters is 1. The molecule has 0 fully saturated rings. The molecule has 0 bridgehead atoms. The van der Waals surface area contributed by atoms with Crippen molar-refractivity contribution in [2.75, 3.05) is 17.7 Å². The molecule has 4 rings (SSSR count). The van der Waals surface area contributed by atoms with Crippen molar-refractivity contribution in [3.63, 3.8) is 0 Å². The van der Waals surface area contributed by atoms with Crippen molar-refractivity contribution >= 4 is 51.3 Å². The topological polar surface area (TPSA) is 86.1 Å². The standard InChI is InChI=1S/C19H20N4O3S3/c1-3-26-18(25)15-11-6-4-7-12(11)29-17(15)20-14(24)10-28-19-22-21-16(23(19)2)13-8-5-9-27-13/h5,8-9H,3-4,6-7,10H2,1-2H3,(H,20,24). The van der Waals surface area contributed by atoms with Crippen LogP contribution in [-0.2, 0) is 29.4 Å². The summed E-state index contributed by atoms with van der Waals surface area (Å²) in [6.07, 6.45) is 2.84. The molecule has 0 spiro atoms. The Labute approximate surface area is 180 Å². The van der Waals surface area contributed by atoms with Crippen molar-refractivity contribution in [1.29, 1.82) is 0 Å². The van der Waals surface area contributed by atoms with Crippen LogP contribution in [0.25, 0.3) is 10.7 Å². The maximum Gasteiger partial charge on any atom is 0.341 e. The van der Waals surface area contributed by atoms with E-state index in [0.29, 0.717) is 22.3 Å². The Morgan fingerprint density at radius 2 is 2.21 bits per heavy atom. The van der Waals surface area contributed by atoms with Crippen LogP contribution in [0.5, 0.6) is 0 Å². The monoisotopic (exact) mass is 448 g/mol. The molecule has 1 aliphatic rings. The normalized spacial score (nSPS) is 12.8. The number of hydrogen-bond acceptors (Lipinski definition) is 8. The first-order valence-corrected chi connectivity index (χ1v) is 11.9. The minimum Gasteiger partial charge on any atom is -0.462 e. The van der Waals surface area contributed by atoms with Gasteiger partial charge in [0.2, 0.25) is 5.91 Å². The lowest BCUT2D eigenvalue weighted by Crippen LogP contribution is -2.17. The van der Waals surface area contributed by atoms with Crippen molar-refractivity contribution in [2.24, 2.45) is 7.05 Å². The molecule has 0 atom stereocenters. The van der Waals surface area contributed by atoms with Gasteiger partial charge < -0.3 is 14.6 Å². The third kappa shape index (κ3) is 4.10. The lowest BCUT2D eigenvalue weighted by Gasteiger charge is -2.08. The highest BCUT2D eigenvalue weighted by Gasteiger charge is 2.28. The quantitative estimate of drug-likeness (QED) is 0.434. The molecule has 0 aliphatic heterocycles. The summed E-state index contributed by atoms with van der Waals surface area (Å²) in [4.78, 5) is 27.2. The molecule has 0 unspecified atom stereocenters. The number of aromatic nitrogens is 3. The Morgan fingerprint density at radius 1 is 1.34 bits per heavy atom. The highest BCUT2D eigenvalue weighted by molar-refractivity contribution is 7.99. The van der Waals surface area contributed by atoms with Crippen molar-refractivity contribution in [3.05, 3.63) is 33.5 Å². The number of rotatable bonds is 7. The fourth-order valence-corrected chi connectivity index (χ4v) is 6.01. The van der Waals surface area contributed by atoms with E-state index in [1.807, 2.05) is 29.1 Å². The Balaban J connectivity index is 1.44. The van der Waals surface area contributed by atoms with E-state index >= 15 is 0 Å². The second kappa shape index (κ2) is 8.68. The Hall–Kier alpha value is -2.17. The Bertz CT molecular complexity index is 1040. The van der Waals surface area contributed by atoms with E-state index in [4.69, 9.17) is 4.74 Å². The smallest absolute Gasteiger partial charge is 0.341 e. The van der Waals surface area contributed by atoms with E-state index < -0.39 is 0 Å². The number of thiophene rings is 2. The summed E-state index contributed by atoms with van der Waals surface area (Å²) >= 11 is 4.40. The zero-order valence-electron chi connectivity index (χ0n) is 16.1. The van der Waals surface area contributed by atoms with Gasteiger partial charge in [-0.2, -0.15) is 0 Å². The Morgan fingerprint density at radius 3 is 2.97 bits per heavy atom. The van der Waals surface area contributed by atoms with E-state index in [9.17, 15) is 9.59 Å². The number of anilines is 1. The summed E-state index contributed by atoms with van der Waals surface area (Å²) in [7, 11) is 1.89. The molecule has 0 radical (unpaired) electrons. The number of carbonyl (C=O) groups excluding carboxylic acids is 2. The summed E-state index contributed by atoms with van der Waals surface area (Å²) in [5, 5.41) is 14.6. The number of fused-ring (bicyclic) bond motifs is 1. The number of nitrogens with one attached hydrogen (secondary N) is 1. The van der Waals surface area contributed by atoms with Gasteiger partial charge in [-0.05, 0) is 43.2 Å². The lowest BCUT2D eigenvalue weighted by atomic mass is 10.1. The fraction of sp³-hybridized carbons (Fsp3) is 0.368. The van der Waals surface area contributed by atoms with Crippen molar-refractivity contribution in [3.8, 4) is 10.7 Å². The van der Waals surface area contributed by atoms with Crippen LogP contribution in [0, 0.1) is 0 Å². The minimum absolute atomic E-state index is 0.179. The average molecular weight is 449 g/mol. The van der Waals surface area contributed by atoms with Gasteiger partial charge in [0.05, 0.1) is 22.8 Å². The first-order chi connectivity index (χ1) is 14.1. The van der Waals surface area contributed by atoms with Crippen LogP contribution in [-0.4, -0.2) is 39.0 Å². The van der Waals surface area contributed by atoms with Crippen LogP contribution in [0.15, 0.2) is 22.7 Å². The van der Waals surface area contributed by atoms with Crippen LogP contribution in [0.1, 0.15) is 34.1 Å². The van der Waals surface area contributed by atoms with E-state index in [2.05, 4.69) is 15.5 Å². The highest BCUT2D eigenvalue weighted by Crippen LogP contribution is 2.39. The predicted molar refractivity (Wildman–Crippen MR) is 116 cm³/mol. The SMILES string of the molecule is CCOC(=O)c1c(NC(=O)CSc2nnc(-c3cccs3)n2C)sc2c1CCC2. The Kier molecular flexibility index (Phi) is 6.02. The van der Waals surface area contributed by atoms with Gasteiger partial charge in [-0.25, -0.2) is 4.79 Å². The van der Waals surface area contributed by atoms with Gasteiger partial charge in [-0.15, -0.1) is 32.9 Å². The van der Waals surface area contributed by atoms with Crippen LogP contribution in [0.3, 0.4) is 0 Å². The summed E-state index contributed by atoms with van der Waals surface area (Å²) in [5.41, 5.74) is 1.56. The summed E-state index contributed by atoms with van der Waals surface area (Å²) in [5.74, 6) is 0.424. The molecule has 152 valence electrons. The third-order valence-corrected chi connectivity index (χ3v) is 7.66. The number of nitrogens with zero attached hydrogens (tertiary/aromatic N) is 3. The van der Waals surface area contributed by atoms with Gasteiger partial charge in [-0.3, -0.25) is 4.79 Å². The molecule has 1 aliphatic carbocycles. The van der Waals surface area contributed by atoms with Crippen LogP contribution < -0.4 is 5.32 Å². The second-order valence-corrected chi connectivity index (χ2v) is 9.46.